The van der Waals surface area contributed by atoms with E-state index in [2.05, 4.69) is 4.72 Å². The zero-order valence-corrected chi connectivity index (χ0v) is 13.6. The molecule has 1 unspecified atom stereocenters. The molecule has 0 aliphatic heterocycles. The SMILES string of the molecule is CSCC(C)CNS(=O)(=O)c1cc(CN)n(C2CC2)c1. The maximum absolute atomic E-state index is 12.3. The molecule has 2 rings (SSSR count). The van der Waals surface area contributed by atoms with Gasteiger partial charge in [-0.15, -0.1) is 0 Å². The summed E-state index contributed by atoms with van der Waals surface area (Å²) in [6.45, 7) is 2.88. The van der Waals surface area contributed by atoms with Gasteiger partial charge in [-0.05, 0) is 36.8 Å². The van der Waals surface area contributed by atoms with Crippen LogP contribution in [0.4, 0.5) is 0 Å². The number of thioether (sulfide) groups is 1. The van der Waals surface area contributed by atoms with Crippen molar-refractivity contribution < 1.29 is 8.42 Å². The Hall–Kier alpha value is -0.500. The molecule has 1 aromatic rings. The smallest absolute Gasteiger partial charge is 0.242 e. The van der Waals surface area contributed by atoms with Crippen LogP contribution in [-0.4, -0.2) is 31.5 Å². The van der Waals surface area contributed by atoms with E-state index in [0.29, 0.717) is 29.9 Å². The van der Waals surface area contributed by atoms with Crippen LogP contribution >= 0.6 is 11.8 Å². The number of aromatic nitrogens is 1. The van der Waals surface area contributed by atoms with Crippen LogP contribution in [0.15, 0.2) is 17.2 Å². The lowest BCUT2D eigenvalue weighted by Crippen LogP contribution is -2.29. The average Bonchev–Trinajstić information content (AvgIpc) is 3.15. The van der Waals surface area contributed by atoms with E-state index in [1.165, 1.54) is 0 Å². The summed E-state index contributed by atoms with van der Waals surface area (Å²) in [5.41, 5.74) is 6.59. The molecule has 114 valence electrons. The first kappa shape index (κ1) is 15.9. The van der Waals surface area contributed by atoms with Crippen molar-refractivity contribution in [1.82, 2.24) is 9.29 Å². The number of hydrogen-bond acceptors (Lipinski definition) is 4. The molecule has 0 saturated heterocycles. The Morgan fingerprint density at radius 2 is 2.25 bits per heavy atom. The average molecular weight is 317 g/mol. The summed E-state index contributed by atoms with van der Waals surface area (Å²) in [6.07, 6.45) is 5.97. The summed E-state index contributed by atoms with van der Waals surface area (Å²) in [6, 6.07) is 2.13. The highest BCUT2D eigenvalue weighted by atomic mass is 32.2. The van der Waals surface area contributed by atoms with E-state index in [9.17, 15) is 8.42 Å². The number of hydrogen-bond donors (Lipinski definition) is 2. The summed E-state index contributed by atoms with van der Waals surface area (Å²) in [5.74, 6) is 1.26. The third-order valence-electron chi connectivity index (χ3n) is 3.44. The van der Waals surface area contributed by atoms with Crippen molar-refractivity contribution in [1.29, 1.82) is 0 Å². The predicted octanol–water partition coefficient (Wildman–Crippen LogP) is 1.56. The number of nitrogens with zero attached hydrogens (tertiary/aromatic N) is 1. The first-order valence-electron chi connectivity index (χ1n) is 6.87. The van der Waals surface area contributed by atoms with Crippen LogP contribution < -0.4 is 10.5 Å². The molecule has 0 bridgehead atoms. The standard InChI is InChI=1S/C13H23N3O2S2/c1-10(9-19-2)7-15-20(17,18)13-5-12(6-14)16(8-13)11-3-4-11/h5,8,10-11,15H,3-4,6-7,9,14H2,1-2H3. The first-order chi connectivity index (χ1) is 9.47. The fourth-order valence-corrected chi connectivity index (χ4v) is 4.08. The Balaban J connectivity index is 2.09. The van der Waals surface area contributed by atoms with Gasteiger partial charge < -0.3 is 10.3 Å². The van der Waals surface area contributed by atoms with Crippen LogP contribution in [0.3, 0.4) is 0 Å². The van der Waals surface area contributed by atoms with Crippen LogP contribution in [0.2, 0.25) is 0 Å². The van der Waals surface area contributed by atoms with Gasteiger partial charge in [0.2, 0.25) is 10.0 Å². The second-order valence-corrected chi connectivity index (χ2v) is 8.10. The van der Waals surface area contributed by atoms with Gasteiger partial charge >= 0.3 is 0 Å². The molecule has 20 heavy (non-hydrogen) atoms. The fraction of sp³-hybridized carbons (Fsp3) is 0.692. The molecule has 1 fully saturated rings. The predicted molar refractivity (Wildman–Crippen MR) is 83.3 cm³/mol. The third kappa shape index (κ3) is 3.78. The Labute approximate surface area is 125 Å². The minimum atomic E-state index is -3.43. The zero-order valence-electron chi connectivity index (χ0n) is 12.0. The topological polar surface area (TPSA) is 77.1 Å². The summed E-state index contributed by atoms with van der Waals surface area (Å²) in [7, 11) is -3.43. The summed E-state index contributed by atoms with van der Waals surface area (Å²) >= 11 is 1.72. The molecule has 1 aliphatic rings. The van der Waals surface area contributed by atoms with Crippen molar-refractivity contribution in [3.05, 3.63) is 18.0 Å². The molecule has 1 atom stereocenters. The van der Waals surface area contributed by atoms with Gasteiger partial charge in [0.25, 0.3) is 0 Å². The minimum Gasteiger partial charge on any atom is -0.346 e. The highest BCUT2D eigenvalue weighted by molar-refractivity contribution is 7.98. The first-order valence-corrected chi connectivity index (χ1v) is 9.75. The Morgan fingerprint density at radius 3 is 2.80 bits per heavy atom. The molecule has 3 N–H and O–H groups in total. The molecule has 0 radical (unpaired) electrons. The number of rotatable bonds is 8. The Kier molecular flexibility index (Phi) is 5.17. The molecule has 0 spiro atoms. The molecular weight excluding hydrogens is 294 g/mol. The molecule has 1 heterocycles. The van der Waals surface area contributed by atoms with E-state index in [1.54, 1.807) is 24.0 Å². The third-order valence-corrected chi connectivity index (χ3v) is 5.73. The number of nitrogens with two attached hydrogens (primary N) is 1. The van der Waals surface area contributed by atoms with Crippen molar-refractivity contribution in [3.63, 3.8) is 0 Å². The molecule has 7 heteroatoms. The van der Waals surface area contributed by atoms with Crippen molar-refractivity contribution >= 4 is 21.8 Å². The van der Waals surface area contributed by atoms with Gasteiger partial charge in [0.1, 0.15) is 0 Å². The number of nitrogens with one attached hydrogen (secondary N) is 1. The lowest BCUT2D eigenvalue weighted by atomic mass is 10.2. The number of sulfonamides is 1. The van der Waals surface area contributed by atoms with E-state index in [4.69, 9.17) is 5.73 Å². The van der Waals surface area contributed by atoms with Gasteiger partial charge in [-0.25, -0.2) is 13.1 Å². The molecule has 0 aromatic carbocycles. The van der Waals surface area contributed by atoms with Crippen LogP contribution in [0.25, 0.3) is 0 Å². The van der Waals surface area contributed by atoms with Gasteiger partial charge in [0, 0.05) is 31.0 Å². The second-order valence-electron chi connectivity index (χ2n) is 5.42. The van der Waals surface area contributed by atoms with Crippen molar-refractivity contribution in [2.75, 3.05) is 18.6 Å². The van der Waals surface area contributed by atoms with Crippen molar-refractivity contribution in [2.45, 2.75) is 37.2 Å². The van der Waals surface area contributed by atoms with Crippen LogP contribution in [-0.2, 0) is 16.6 Å². The van der Waals surface area contributed by atoms with Crippen LogP contribution in [0.1, 0.15) is 31.5 Å². The van der Waals surface area contributed by atoms with E-state index >= 15 is 0 Å². The lowest BCUT2D eigenvalue weighted by molar-refractivity contribution is 0.562. The zero-order chi connectivity index (χ0) is 14.8. The molecule has 0 amide bonds. The normalized spacial score (nSPS) is 17.4. The van der Waals surface area contributed by atoms with E-state index < -0.39 is 10.0 Å². The minimum absolute atomic E-state index is 0.319. The monoisotopic (exact) mass is 317 g/mol. The van der Waals surface area contributed by atoms with Crippen molar-refractivity contribution in [3.8, 4) is 0 Å². The second kappa shape index (κ2) is 6.51. The van der Waals surface area contributed by atoms with Gasteiger partial charge in [-0.2, -0.15) is 11.8 Å². The Morgan fingerprint density at radius 1 is 1.55 bits per heavy atom. The maximum atomic E-state index is 12.3. The molecule has 1 saturated carbocycles. The van der Waals surface area contributed by atoms with Crippen LogP contribution in [0, 0.1) is 5.92 Å². The fourth-order valence-electron chi connectivity index (χ4n) is 2.18. The Bertz CT molecular complexity index is 550. The van der Waals surface area contributed by atoms with E-state index in [1.807, 2.05) is 17.7 Å². The van der Waals surface area contributed by atoms with Gasteiger partial charge in [-0.3, -0.25) is 0 Å². The maximum Gasteiger partial charge on any atom is 0.242 e. The van der Waals surface area contributed by atoms with E-state index in [0.717, 1.165) is 24.3 Å². The van der Waals surface area contributed by atoms with Gasteiger partial charge in [0.05, 0.1) is 4.90 Å². The van der Waals surface area contributed by atoms with Crippen LogP contribution in [0.5, 0.6) is 0 Å². The molecule has 1 aromatic heterocycles. The quantitative estimate of drug-likeness (QED) is 0.763. The van der Waals surface area contributed by atoms with Gasteiger partial charge in [0.15, 0.2) is 0 Å². The van der Waals surface area contributed by atoms with Gasteiger partial charge in [-0.1, -0.05) is 6.92 Å². The summed E-state index contributed by atoms with van der Waals surface area (Å²) in [4.78, 5) is 0.334. The summed E-state index contributed by atoms with van der Waals surface area (Å²) < 4.78 is 29.3. The molecule has 1 aliphatic carbocycles. The lowest BCUT2D eigenvalue weighted by Gasteiger charge is -2.10. The summed E-state index contributed by atoms with van der Waals surface area (Å²) in [5, 5.41) is 0. The highest BCUT2D eigenvalue weighted by Crippen LogP contribution is 2.37. The van der Waals surface area contributed by atoms with Crippen molar-refractivity contribution in [2.24, 2.45) is 11.7 Å². The van der Waals surface area contributed by atoms with E-state index in [-0.39, 0.29) is 0 Å². The highest BCUT2D eigenvalue weighted by Gasteiger charge is 2.27. The largest absolute Gasteiger partial charge is 0.346 e. The molecule has 5 nitrogen and oxygen atoms in total. The molecular formula is C13H23N3O2S2.